The monoisotopic (exact) mass is 225 g/mol. The van der Waals surface area contributed by atoms with Gasteiger partial charge in [-0.2, -0.15) is 0 Å². The van der Waals surface area contributed by atoms with Crippen molar-refractivity contribution in [3.05, 3.63) is 11.6 Å². The highest BCUT2D eigenvalue weighted by atomic mass is 16.1. The second-order valence-corrected chi connectivity index (χ2v) is 4.51. The SMILES string of the molecule is CCCCCCCCCC/C=C(\C)C(N)=O. The Balaban J connectivity index is 3.21. The molecule has 0 heterocycles. The lowest BCUT2D eigenvalue weighted by molar-refractivity contribution is -0.114. The van der Waals surface area contributed by atoms with Crippen molar-refractivity contribution in [2.24, 2.45) is 5.73 Å². The summed E-state index contributed by atoms with van der Waals surface area (Å²) in [6, 6.07) is 0. The second kappa shape index (κ2) is 10.7. The zero-order valence-corrected chi connectivity index (χ0v) is 10.9. The molecule has 0 atom stereocenters. The molecule has 0 saturated carbocycles. The lowest BCUT2D eigenvalue weighted by atomic mass is 10.1. The van der Waals surface area contributed by atoms with Gasteiger partial charge in [0.1, 0.15) is 0 Å². The van der Waals surface area contributed by atoms with E-state index in [0.717, 1.165) is 6.42 Å². The lowest BCUT2D eigenvalue weighted by Gasteiger charge is -2.00. The number of nitrogens with two attached hydrogens (primary N) is 1. The van der Waals surface area contributed by atoms with E-state index in [4.69, 9.17) is 5.73 Å². The fourth-order valence-electron chi connectivity index (χ4n) is 1.70. The molecule has 0 aliphatic rings. The van der Waals surface area contributed by atoms with E-state index in [1.165, 1.54) is 51.4 Å². The number of rotatable bonds is 10. The predicted octanol–water partition coefficient (Wildman–Crippen LogP) is 3.95. The molecule has 0 aromatic heterocycles. The Bertz CT molecular complexity index is 209. The molecule has 1 amide bonds. The fourth-order valence-corrected chi connectivity index (χ4v) is 1.70. The van der Waals surface area contributed by atoms with E-state index in [1.807, 2.05) is 6.08 Å². The first-order chi connectivity index (χ1) is 7.68. The van der Waals surface area contributed by atoms with Crippen LogP contribution in [-0.4, -0.2) is 5.91 Å². The Kier molecular flexibility index (Phi) is 10.2. The summed E-state index contributed by atoms with van der Waals surface area (Å²) in [5.74, 6) is -0.292. The predicted molar refractivity (Wildman–Crippen MR) is 70.2 cm³/mol. The molecular formula is C14H27NO. The lowest BCUT2D eigenvalue weighted by Crippen LogP contribution is -2.11. The topological polar surface area (TPSA) is 43.1 Å². The molecule has 0 aromatic carbocycles. The minimum absolute atomic E-state index is 0.292. The first kappa shape index (κ1) is 15.2. The normalized spacial score (nSPS) is 11.8. The van der Waals surface area contributed by atoms with Crippen molar-refractivity contribution in [2.45, 2.75) is 71.6 Å². The fraction of sp³-hybridized carbons (Fsp3) is 0.786. The van der Waals surface area contributed by atoms with Crippen molar-refractivity contribution in [1.82, 2.24) is 0 Å². The Labute approximate surface area is 100 Å². The van der Waals surface area contributed by atoms with E-state index in [2.05, 4.69) is 6.92 Å². The van der Waals surface area contributed by atoms with Crippen molar-refractivity contribution in [3.8, 4) is 0 Å². The van der Waals surface area contributed by atoms with Crippen LogP contribution < -0.4 is 5.73 Å². The van der Waals surface area contributed by atoms with Crippen molar-refractivity contribution >= 4 is 5.91 Å². The maximum Gasteiger partial charge on any atom is 0.244 e. The second-order valence-electron chi connectivity index (χ2n) is 4.51. The largest absolute Gasteiger partial charge is 0.366 e. The molecule has 2 heteroatoms. The van der Waals surface area contributed by atoms with Gasteiger partial charge in [0.2, 0.25) is 5.91 Å². The molecular weight excluding hydrogens is 198 g/mol. The van der Waals surface area contributed by atoms with Gasteiger partial charge < -0.3 is 5.73 Å². The van der Waals surface area contributed by atoms with Gasteiger partial charge in [0.15, 0.2) is 0 Å². The van der Waals surface area contributed by atoms with E-state index in [1.54, 1.807) is 6.92 Å². The third-order valence-corrected chi connectivity index (χ3v) is 2.90. The van der Waals surface area contributed by atoms with Gasteiger partial charge in [0.25, 0.3) is 0 Å². The van der Waals surface area contributed by atoms with Crippen LogP contribution >= 0.6 is 0 Å². The number of carbonyl (C=O) groups excluding carboxylic acids is 1. The van der Waals surface area contributed by atoms with Crippen molar-refractivity contribution in [3.63, 3.8) is 0 Å². The van der Waals surface area contributed by atoms with E-state index in [0.29, 0.717) is 5.57 Å². The van der Waals surface area contributed by atoms with Gasteiger partial charge >= 0.3 is 0 Å². The standard InChI is InChI=1S/C14H27NO/c1-3-4-5-6-7-8-9-10-11-12-13(2)14(15)16/h12H,3-11H2,1-2H3,(H2,15,16)/b13-12+. The third kappa shape index (κ3) is 9.75. The molecule has 0 aliphatic carbocycles. The number of allylic oxidation sites excluding steroid dienone is 1. The van der Waals surface area contributed by atoms with Gasteiger partial charge in [0, 0.05) is 5.57 Å². The molecule has 0 aromatic rings. The molecule has 2 nitrogen and oxygen atoms in total. The van der Waals surface area contributed by atoms with Crippen LogP contribution in [0.5, 0.6) is 0 Å². The molecule has 0 unspecified atom stereocenters. The summed E-state index contributed by atoms with van der Waals surface area (Å²) in [4.78, 5) is 10.7. The number of unbranched alkanes of at least 4 members (excludes halogenated alkanes) is 8. The average Bonchev–Trinajstić information content (AvgIpc) is 2.26. The summed E-state index contributed by atoms with van der Waals surface area (Å²) in [5.41, 5.74) is 5.83. The zero-order valence-electron chi connectivity index (χ0n) is 10.9. The highest BCUT2D eigenvalue weighted by Crippen LogP contribution is 2.10. The Morgan fingerprint density at radius 2 is 1.50 bits per heavy atom. The van der Waals surface area contributed by atoms with E-state index in [9.17, 15) is 4.79 Å². The van der Waals surface area contributed by atoms with Gasteiger partial charge in [-0.25, -0.2) is 0 Å². The minimum atomic E-state index is -0.292. The van der Waals surface area contributed by atoms with Gasteiger partial charge in [0.05, 0.1) is 0 Å². The maximum atomic E-state index is 10.7. The summed E-state index contributed by atoms with van der Waals surface area (Å²) < 4.78 is 0. The number of primary amides is 1. The van der Waals surface area contributed by atoms with Crippen LogP contribution in [-0.2, 0) is 4.79 Å². The number of hydrogen-bond donors (Lipinski definition) is 1. The molecule has 2 N–H and O–H groups in total. The van der Waals surface area contributed by atoms with Gasteiger partial charge in [-0.3, -0.25) is 4.79 Å². The Morgan fingerprint density at radius 3 is 2.00 bits per heavy atom. The van der Waals surface area contributed by atoms with E-state index in [-0.39, 0.29) is 5.91 Å². The van der Waals surface area contributed by atoms with Crippen molar-refractivity contribution in [1.29, 1.82) is 0 Å². The molecule has 0 spiro atoms. The Hall–Kier alpha value is -0.790. The summed E-state index contributed by atoms with van der Waals surface area (Å²) in [5, 5.41) is 0. The average molecular weight is 225 g/mol. The number of hydrogen-bond acceptors (Lipinski definition) is 1. The van der Waals surface area contributed by atoms with Gasteiger partial charge in [-0.1, -0.05) is 57.9 Å². The highest BCUT2D eigenvalue weighted by molar-refractivity contribution is 5.91. The quantitative estimate of drug-likeness (QED) is 0.444. The molecule has 0 rings (SSSR count). The number of amides is 1. The molecule has 0 saturated heterocycles. The molecule has 0 bridgehead atoms. The first-order valence-electron chi connectivity index (χ1n) is 6.65. The minimum Gasteiger partial charge on any atom is -0.366 e. The van der Waals surface area contributed by atoms with Crippen LogP contribution in [0.2, 0.25) is 0 Å². The van der Waals surface area contributed by atoms with Crippen LogP contribution in [0.4, 0.5) is 0 Å². The van der Waals surface area contributed by atoms with E-state index < -0.39 is 0 Å². The molecule has 0 radical (unpaired) electrons. The van der Waals surface area contributed by atoms with Crippen LogP contribution in [0.3, 0.4) is 0 Å². The third-order valence-electron chi connectivity index (χ3n) is 2.90. The Morgan fingerprint density at radius 1 is 1.00 bits per heavy atom. The first-order valence-corrected chi connectivity index (χ1v) is 6.65. The summed E-state index contributed by atoms with van der Waals surface area (Å²) in [7, 11) is 0. The van der Waals surface area contributed by atoms with Gasteiger partial charge in [-0.15, -0.1) is 0 Å². The van der Waals surface area contributed by atoms with Crippen LogP contribution in [0.15, 0.2) is 11.6 Å². The zero-order chi connectivity index (χ0) is 12.2. The molecule has 0 aliphatic heterocycles. The summed E-state index contributed by atoms with van der Waals surface area (Å²) in [6.07, 6.45) is 13.5. The van der Waals surface area contributed by atoms with Gasteiger partial charge in [-0.05, 0) is 19.8 Å². The molecule has 94 valence electrons. The summed E-state index contributed by atoms with van der Waals surface area (Å²) >= 11 is 0. The summed E-state index contributed by atoms with van der Waals surface area (Å²) in [6.45, 7) is 4.03. The maximum absolute atomic E-state index is 10.7. The molecule has 0 fully saturated rings. The van der Waals surface area contributed by atoms with Crippen molar-refractivity contribution < 1.29 is 4.79 Å². The number of carbonyl (C=O) groups is 1. The smallest absolute Gasteiger partial charge is 0.244 e. The van der Waals surface area contributed by atoms with Crippen LogP contribution in [0.1, 0.15) is 71.6 Å². The van der Waals surface area contributed by atoms with Crippen LogP contribution in [0, 0.1) is 0 Å². The van der Waals surface area contributed by atoms with E-state index >= 15 is 0 Å². The highest BCUT2D eigenvalue weighted by Gasteiger charge is 1.95. The van der Waals surface area contributed by atoms with Crippen molar-refractivity contribution in [2.75, 3.05) is 0 Å². The molecule has 16 heavy (non-hydrogen) atoms. The van der Waals surface area contributed by atoms with Crippen LogP contribution in [0.25, 0.3) is 0 Å².